The smallest absolute Gasteiger partial charge is 0.268 e. The second kappa shape index (κ2) is 7.66. The summed E-state index contributed by atoms with van der Waals surface area (Å²) in [5, 5.41) is 0.206. The van der Waals surface area contributed by atoms with Gasteiger partial charge in [-0.15, -0.1) is 11.8 Å². The third-order valence-corrected chi connectivity index (χ3v) is 4.46. The van der Waals surface area contributed by atoms with Gasteiger partial charge in [0.15, 0.2) is 0 Å². The quantitative estimate of drug-likeness (QED) is 0.717. The Bertz CT molecular complexity index is 622. The summed E-state index contributed by atoms with van der Waals surface area (Å²) in [6.07, 6.45) is 0. The first kappa shape index (κ1) is 17.6. The number of ether oxygens (including phenoxy) is 2. The predicted octanol–water partition coefficient (Wildman–Crippen LogP) is 2.56. The van der Waals surface area contributed by atoms with E-state index in [2.05, 4.69) is 0 Å². The number of carbonyl (C=O) groups excluding carboxylic acids is 2. The van der Waals surface area contributed by atoms with Gasteiger partial charge in [-0.1, -0.05) is 26.0 Å². The SMILES string of the molecule is COCCN1C(=O)C(SC(C)C)=C(c2ccc(OC)cc2)C1=O. The van der Waals surface area contributed by atoms with Crippen molar-refractivity contribution in [3.8, 4) is 5.75 Å². The molecule has 124 valence electrons. The van der Waals surface area contributed by atoms with Crippen LogP contribution in [0.4, 0.5) is 0 Å². The summed E-state index contributed by atoms with van der Waals surface area (Å²) in [5.74, 6) is 0.206. The molecule has 0 saturated heterocycles. The fourth-order valence-corrected chi connectivity index (χ4v) is 3.30. The molecule has 0 N–H and O–H groups in total. The van der Waals surface area contributed by atoms with Crippen LogP contribution in [0.5, 0.6) is 5.75 Å². The molecular weight excluding hydrogens is 314 g/mol. The summed E-state index contributed by atoms with van der Waals surface area (Å²) in [7, 11) is 3.14. The van der Waals surface area contributed by atoms with Crippen molar-refractivity contribution in [1.29, 1.82) is 0 Å². The molecule has 1 heterocycles. The number of benzene rings is 1. The lowest BCUT2D eigenvalue weighted by molar-refractivity contribution is -0.137. The number of hydrogen-bond donors (Lipinski definition) is 0. The molecule has 0 aliphatic carbocycles. The number of imide groups is 1. The van der Waals surface area contributed by atoms with E-state index in [4.69, 9.17) is 9.47 Å². The lowest BCUT2D eigenvalue weighted by atomic mass is 10.1. The van der Waals surface area contributed by atoms with Gasteiger partial charge in [0, 0.05) is 12.4 Å². The van der Waals surface area contributed by atoms with Crippen LogP contribution in [0.3, 0.4) is 0 Å². The van der Waals surface area contributed by atoms with Crippen LogP contribution in [-0.4, -0.2) is 49.3 Å². The fourth-order valence-electron chi connectivity index (χ4n) is 2.30. The molecule has 2 amide bonds. The third kappa shape index (κ3) is 3.76. The first-order valence-corrected chi connectivity index (χ1v) is 8.28. The molecule has 1 aliphatic rings. The van der Waals surface area contributed by atoms with E-state index in [1.54, 1.807) is 38.5 Å². The Hall–Kier alpha value is -1.79. The molecule has 1 aliphatic heterocycles. The number of methoxy groups -OCH3 is 2. The van der Waals surface area contributed by atoms with Crippen LogP contribution in [0.25, 0.3) is 5.57 Å². The van der Waals surface area contributed by atoms with Crippen molar-refractivity contribution in [3.63, 3.8) is 0 Å². The van der Waals surface area contributed by atoms with E-state index in [9.17, 15) is 9.59 Å². The van der Waals surface area contributed by atoms with E-state index >= 15 is 0 Å². The van der Waals surface area contributed by atoms with Gasteiger partial charge in [0.2, 0.25) is 0 Å². The highest BCUT2D eigenvalue weighted by Gasteiger charge is 2.39. The standard InChI is InChI=1S/C17H21NO4S/c1-11(2)23-15-14(12-5-7-13(22-4)8-6-12)16(19)18(17(15)20)9-10-21-3/h5-8,11H,9-10H2,1-4H3. The van der Waals surface area contributed by atoms with E-state index < -0.39 is 0 Å². The van der Waals surface area contributed by atoms with Crippen molar-refractivity contribution in [2.45, 2.75) is 19.1 Å². The van der Waals surface area contributed by atoms with Gasteiger partial charge >= 0.3 is 0 Å². The molecule has 0 radical (unpaired) electrons. The molecule has 2 rings (SSSR count). The Morgan fingerprint density at radius 1 is 1.09 bits per heavy atom. The van der Waals surface area contributed by atoms with Crippen LogP contribution in [0.1, 0.15) is 19.4 Å². The number of carbonyl (C=O) groups is 2. The Balaban J connectivity index is 2.41. The summed E-state index contributed by atoms with van der Waals surface area (Å²) in [5.41, 5.74) is 1.19. The van der Waals surface area contributed by atoms with Crippen LogP contribution in [0.15, 0.2) is 29.2 Å². The Labute approximate surface area is 140 Å². The average Bonchev–Trinajstić information content (AvgIpc) is 2.76. The Morgan fingerprint density at radius 3 is 2.26 bits per heavy atom. The zero-order chi connectivity index (χ0) is 17.0. The molecule has 1 aromatic rings. The van der Waals surface area contributed by atoms with Gasteiger partial charge in [-0.3, -0.25) is 14.5 Å². The molecule has 1 aromatic carbocycles. The molecule has 23 heavy (non-hydrogen) atoms. The topological polar surface area (TPSA) is 55.8 Å². The van der Waals surface area contributed by atoms with Gasteiger partial charge in [0.1, 0.15) is 5.75 Å². The van der Waals surface area contributed by atoms with Crippen molar-refractivity contribution in [3.05, 3.63) is 34.7 Å². The summed E-state index contributed by atoms with van der Waals surface area (Å²) >= 11 is 1.42. The zero-order valence-corrected chi connectivity index (χ0v) is 14.6. The maximum Gasteiger partial charge on any atom is 0.268 e. The maximum atomic E-state index is 12.7. The molecule has 6 heteroatoms. The predicted molar refractivity (Wildman–Crippen MR) is 91.2 cm³/mol. The number of nitrogens with zero attached hydrogens (tertiary/aromatic N) is 1. The highest BCUT2D eigenvalue weighted by Crippen LogP contribution is 2.38. The van der Waals surface area contributed by atoms with Crippen molar-refractivity contribution < 1.29 is 19.1 Å². The molecule has 0 unspecified atom stereocenters. The van der Waals surface area contributed by atoms with E-state index in [-0.39, 0.29) is 23.6 Å². The van der Waals surface area contributed by atoms with E-state index in [1.165, 1.54) is 16.7 Å². The molecule has 5 nitrogen and oxygen atoms in total. The van der Waals surface area contributed by atoms with Gasteiger partial charge in [0.05, 0.1) is 30.7 Å². The number of rotatable bonds is 7. The fraction of sp³-hybridized carbons (Fsp3) is 0.412. The molecular formula is C17H21NO4S. The van der Waals surface area contributed by atoms with E-state index in [1.807, 2.05) is 13.8 Å². The minimum Gasteiger partial charge on any atom is -0.497 e. The number of thioether (sulfide) groups is 1. The molecule has 0 fully saturated rings. The van der Waals surface area contributed by atoms with Crippen molar-refractivity contribution in [2.24, 2.45) is 0 Å². The highest BCUT2D eigenvalue weighted by molar-refractivity contribution is 8.04. The summed E-state index contributed by atoms with van der Waals surface area (Å²) < 4.78 is 10.1. The van der Waals surface area contributed by atoms with Crippen LogP contribution in [-0.2, 0) is 14.3 Å². The lowest BCUT2D eigenvalue weighted by Crippen LogP contribution is -2.34. The molecule has 0 saturated carbocycles. The molecule has 0 bridgehead atoms. The second-order valence-corrected chi connectivity index (χ2v) is 6.94. The minimum atomic E-state index is -0.264. The van der Waals surface area contributed by atoms with E-state index in [0.717, 1.165) is 5.56 Å². The van der Waals surface area contributed by atoms with Gasteiger partial charge in [0.25, 0.3) is 11.8 Å². The third-order valence-electron chi connectivity index (χ3n) is 3.38. The average molecular weight is 335 g/mol. The molecule has 0 aromatic heterocycles. The Morgan fingerprint density at radius 2 is 1.74 bits per heavy atom. The normalized spacial score (nSPS) is 15.1. The van der Waals surface area contributed by atoms with Gasteiger partial charge in [-0.25, -0.2) is 0 Å². The largest absolute Gasteiger partial charge is 0.497 e. The summed E-state index contributed by atoms with van der Waals surface area (Å²) in [4.78, 5) is 27.1. The molecule has 0 atom stereocenters. The zero-order valence-electron chi connectivity index (χ0n) is 13.8. The van der Waals surface area contributed by atoms with Gasteiger partial charge in [-0.2, -0.15) is 0 Å². The van der Waals surface area contributed by atoms with Crippen LogP contribution in [0.2, 0.25) is 0 Å². The van der Waals surface area contributed by atoms with Crippen LogP contribution < -0.4 is 4.74 Å². The molecule has 0 spiro atoms. The number of hydrogen-bond acceptors (Lipinski definition) is 5. The van der Waals surface area contributed by atoms with Gasteiger partial charge < -0.3 is 9.47 Å². The van der Waals surface area contributed by atoms with Crippen LogP contribution in [0, 0.1) is 0 Å². The first-order chi connectivity index (χ1) is 11.0. The maximum absolute atomic E-state index is 12.7. The lowest BCUT2D eigenvalue weighted by Gasteiger charge is -2.14. The van der Waals surface area contributed by atoms with E-state index in [0.29, 0.717) is 22.8 Å². The van der Waals surface area contributed by atoms with Crippen molar-refractivity contribution in [2.75, 3.05) is 27.4 Å². The first-order valence-electron chi connectivity index (χ1n) is 7.40. The Kier molecular flexibility index (Phi) is 5.85. The summed E-state index contributed by atoms with van der Waals surface area (Å²) in [6.45, 7) is 4.58. The number of amides is 2. The second-order valence-electron chi connectivity index (χ2n) is 5.35. The monoisotopic (exact) mass is 335 g/mol. The highest BCUT2D eigenvalue weighted by atomic mass is 32.2. The minimum absolute atomic E-state index is 0.206. The van der Waals surface area contributed by atoms with Gasteiger partial charge in [-0.05, 0) is 17.7 Å². The summed E-state index contributed by atoms with van der Waals surface area (Å²) in [6, 6.07) is 7.19. The van der Waals surface area contributed by atoms with Crippen molar-refractivity contribution >= 4 is 29.1 Å². The van der Waals surface area contributed by atoms with Crippen LogP contribution >= 0.6 is 11.8 Å². The van der Waals surface area contributed by atoms with Crippen molar-refractivity contribution in [1.82, 2.24) is 4.90 Å².